The molecule has 3 aromatic rings. The quantitative estimate of drug-likeness (QED) is 0.323. The monoisotopic (exact) mass is 554 g/mol. The van der Waals surface area contributed by atoms with E-state index in [0.29, 0.717) is 32.0 Å². The number of fused-ring (bicyclic) bond motifs is 1. The molecule has 0 saturated carbocycles. The number of rotatable bonds is 7. The van der Waals surface area contributed by atoms with Crippen molar-refractivity contribution in [3.63, 3.8) is 0 Å². The number of amides is 1. The van der Waals surface area contributed by atoms with Gasteiger partial charge in [0.05, 0.1) is 24.2 Å². The Labute approximate surface area is 194 Å². The van der Waals surface area contributed by atoms with Gasteiger partial charge in [0.15, 0.2) is 5.75 Å². The van der Waals surface area contributed by atoms with Crippen molar-refractivity contribution in [1.82, 2.24) is 4.98 Å². The molecule has 0 aliphatic rings. The molecule has 0 aliphatic carbocycles. The van der Waals surface area contributed by atoms with Gasteiger partial charge in [0, 0.05) is 17.7 Å². The van der Waals surface area contributed by atoms with E-state index in [9.17, 15) is 9.59 Å². The lowest BCUT2D eigenvalue weighted by Crippen LogP contribution is -2.15. The Bertz CT molecular complexity index is 1100. The van der Waals surface area contributed by atoms with Crippen LogP contribution in [0.15, 0.2) is 33.2 Å². The Kier molecular flexibility index (Phi) is 7.15. The van der Waals surface area contributed by atoms with E-state index in [0.717, 1.165) is 27.2 Å². The van der Waals surface area contributed by atoms with Gasteiger partial charge in [0.1, 0.15) is 12.2 Å². The summed E-state index contributed by atoms with van der Waals surface area (Å²) in [7, 11) is 0. The number of aryl methyl sites for hydroxylation is 1. The van der Waals surface area contributed by atoms with Gasteiger partial charge in [-0.25, -0.2) is 4.98 Å². The van der Waals surface area contributed by atoms with Gasteiger partial charge in [-0.05, 0) is 69.0 Å². The van der Waals surface area contributed by atoms with Gasteiger partial charge in [0.2, 0.25) is 5.91 Å². The molecule has 1 heterocycles. The second-order valence-electron chi connectivity index (χ2n) is 7.23. The number of halogens is 2. The smallest absolute Gasteiger partial charge is 0.312 e. The number of carbonyl (C=O) groups is 2. The number of hydrogen-bond donors (Lipinski definition) is 2. The van der Waals surface area contributed by atoms with Crippen LogP contribution in [-0.2, 0) is 16.0 Å². The van der Waals surface area contributed by atoms with Crippen molar-refractivity contribution in [2.24, 2.45) is 5.92 Å². The molecule has 2 N–H and O–H groups in total. The maximum atomic E-state index is 11.7. The van der Waals surface area contributed by atoms with Gasteiger partial charge in [-0.1, -0.05) is 13.8 Å². The fraction of sp³-hybridized carbons (Fsp3) is 0.286. The van der Waals surface area contributed by atoms with Gasteiger partial charge in [-0.15, -0.1) is 11.3 Å². The molecule has 0 atom stereocenters. The minimum absolute atomic E-state index is 0.459. The summed E-state index contributed by atoms with van der Waals surface area (Å²) in [6.45, 7) is 6.36. The molecule has 0 bridgehead atoms. The van der Waals surface area contributed by atoms with E-state index in [-0.39, 0.29) is 0 Å². The van der Waals surface area contributed by atoms with Gasteiger partial charge >= 0.3 is 5.97 Å². The number of carbonyl (C=O) groups excluding carboxylic acids is 1. The lowest BCUT2D eigenvalue weighted by Gasteiger charge is -2.14. The molecule has 2 aromatic carbocycles. The fourth-order valence-corrected chi connectivity index (χ4v) is 5.50. The van der Waals surface area contributed by atoms with Crippen molar-refractivity contribution >= 4 is 71.0 Å². The highest BCUT2D eigenvalue weighted by Crippen LogP contribution is 2.41. The predicted molar refractivity (Wildman–Crippen MR) is 126 cm³/mol. The number of thiazole rings is 1. The minimum Gasteiger partial charge on any atom is -0.481 e. The van der Waals surface area contributed by atoms with Crippen molar-refractivity contribution in [3.05, 3.63) is 43.8 Å². The maximum absolute atomic E-state index is 11.7. The molecular weight excluding hydrogens is 536 g/mol. The fourth-order valence-electron chi connectivity index (χ4n) is 2.88. The van der Waals surface area contributed by atoms with Crippen LogP contribution in [0.25, 0.3) is 10.2 Å². The number of nitrogens with one attached hydrogen (secondary N) is 1. The number of hydrogen-bond acceptors (Lipinski definition) is 5. The van der Waals surface area contributed by atoms with E-state index in [1.54, 1.807) is 23.5 Å². The zero-order chi connectivity index (χ0) is 22.0. The van der Waals surface area contributed by atoms with E-state index >= 15 is 0 Å². The van der Waals surface area contributed by atoms with Crippen LogP contribution >= 0.6 is 43.2 Å². The Morgan fingerprint density at radius 2 is 1.90 bits per heavy atom. The normalized spacial score (nSPS) is 11.1. The highest BCUT2D eigenvalue weighted by atomic mass is 79.9. The lowest BCUT2D eigenvalue weighted by atomic mass is 10.1. The highest BCUT2D eigenvalue weighted by Gasteiger charge is 2.16. The molecule has 1 amide bonds. The molecule has 30 heavy (non-hydrogen) atoms. The molecular formula is C21H20Br2N2O4S. The zero-order valence-corrected chi connectivity index (χ0v) is 20.6. The van der Waals surface area contributed by atoms with Crippen LogP contribution < -0.4 is 10.1 Å². The molecule has 0 aliphatic heterocycles. The van der Waals surface area contributed by atoms with Gasteiger partial charge < -0.3 is 15.2 Å². The largest absolute Gasteiger partial charge is 0.481 e. The standard InChI is InChI=1S/C21H20Br2N2O4S/c1-10(2)6-18-25-15-4-5-16(11(3)21(15)30-18)29-20-13(22)7-12(8-14(20)23)24-17(26)9-19(27)28/h4-5,7-8,10H,6,9H2,1-3H3,(H,24,26)(H,27,28). The highest BCUT2D eigenvalue weighted by molar-refractivity contribution is 9.11. The molecule has 158 valence electrons. The summed E-state index contributed by atoms with van der Waals surface area (Å²) in [6.07, 6.45) is 0.349. The minimum atomic E-state index is -1.18. The average molecular weight is 556 g/mol. The summed E-state index contributed by atoms with van der Waals surface area (Å²) in [5.74, 6) is 0.0321. The van der Waals surface area contributed by atoms with Crippen LogP contribution in [0.3, 0.4) is 0 Å². The Morgan fingerprint density at radius 3 is 2.50 bits per heavy atom. The number of carboxylic acid groups (broad SMARTS) is 1. The summed E-state index contributed by atoms with van der Waals surface area (Å²) in [4.78, 5) is 27.1. The van der Waals surface area contributed by atoms with Gasteiger partial charge in [-0.3, -0.25) is 9.59 Å². The third kappa shape index (κ3) is 5.39. The Hall–Kier alpha value is -1.97. The van der Waals surface area contributed by atoms with Crippen molar-refractivity contribution in [2.75, 3.05) is 5.32 Å². The van der Waals surface area contributed by atoms with Crippen LogP contribution in [-0.4, -0.2) is 22.0 Å². The van der Waals surface area contributed by atoms with E-state index < -0.39 is 18.3 Å². The number of aromatic nitrogens is 1. The zero-order valence-electron chi connectivity index (χ0n) is 16.6. The van der Waals surface area contributed by atoms with Crippen molar-refractivity contribution in [1.29, 1.82) is 0 Å². The number of ether oxygens (including phenoxy) is 1. The molecule has 3 rings (SSSR count). The first-order valence-corrected chi connectivity index (χ1v) is 11.6. The number of anilines is 1. The molecule has 0 radical (unpaired) electrons. The first-order chi connectivity index (χ1) is 14.1. The first kappa shape index (κ1) is 22.7. The molecule has 0 fully saturated rings. The Balaban J connectivity index is 1.86. The van der Waals surface area contributed by atoms with Gasteiger partial charge in [0.25, 0.3) is 0 Å². The Morgan fingerprint density at radius 1 is 1.23 bits per heavy atom. The van der Waals surface area contributed by atoms with Crippen LogP contribution in [0.5, 0.6) is 11.5 Å². The van der Waals surface area contributed by atoms with Crippen LogP contribution in [0.2, 0.25) is 0 Å². The van der Waals surface area contributed by atoms with Crippen LogP contribution in [0.1, 0.15) is 30.8 Å². The van der Waals surface area contributed by atoms with Crippen molar-refractivity contribution < 1.29 is 19.4 Å². The number of aliphatic carboxylic acids is 1. The second kappa shape index (κ2) is 9.45. The van der Waals surface area contributed by atoms with Crippen LogP contribution in [0, 0.1) is 12.8 Å². The molecule has 0 spiro atoms. The number of nitrogens with zero attached hydrogens (tertiary/aromatic N) is 1. The van der Waals surface area contributed by atoms with Gasteiger partial charge in [-0.2, -0.15) is 0 Å². The third-order valence-corrected chi connectivity index (χ3v) is 6.58. The first-order valence-electron chi connectivity index (χ1n) is 9.21. The number of carboxylic acids is 1. The summed E-state index contributed by atoms with van der Waals surface area (Å²) < 4.78 is 8.51. The third-order valence-electron chi connectivity index (χ3n) is 4.19. The maximum Gasteiger partial charge on any atom is 0.312 e. The predicted octanol–water partition coefficient (Wildman–Crippen LogP) is 6.53. The SMILES string of the molecule is Cc1c(Oc2c(Br)cc(NC(=O)CC(=O)O)cc2Br)ccc2nc(CC(C)C)sc12. The summed E-state index contributed by atoms with van der Waals surface area (Å²) in [5.41, 5.74) is 2.44. The number of benzene rings is 2. The average Bonchev–Trinajstić information content (AvgIpc) is 3.01. The molecule has 0 unspecified atom stereocenters. The summed E-state index contributed by atoms with van der Waals surface area (Å²) >= 11 is 8.63. The molecule has 9 heteroatoms. The van der Waals surface area contributed by atoms with E-state index in [4.69, 9.17) is 14.8 Å². The van der Waals surface area contributed by atoms with Crippen molar-refractivity contribution in [2.45, 2.75) is 33.6 Å². The van der Waals surface area contributed by atoms with E-state index in [2.05, 4.69) is 51.0 Å². The topological polar surface area (TPSA) is 88.5 Å². The molecule has 6 nitrogen and oxygen atoms in total. The molecule has 0 saturated heterocycles. The van der Waals surface area contributed by atoms with E-state index in [1.807, 2.05) is 19.1 Å². The summed E-state index contributed by atoms with van der Waals surface area (Å²) in [6, 6.07) is 7.19. The van der Waals surface area contributed by atoms with E-state index in [1.165, 1.54) is 0 Å². The molecule has 1 aromatic heterocycles. The van der Waals surface area contributed by atoms with Crippen molar-refractivity contribution in [3.8, 4) is 11.5 Å². The second-order valence-corrected chi connectivity index (χ2v) is 10.0. The summed E-state index contributed by atoms with van der Waals surface area (Å²) in [5, 5.41) is 12.4. The lowest BCUT2D eigenvalue weighted by molar-refractivity contribution is -0.139. The van der Waals surface area contributed by atoms with Crippen LogP contribution in [0.4, 0.5) is 5.69 Å².